The van der Waals surface area contributed by atoms with Crippen LogP contribution in [-0.4, -0.2) is 55.9 Å². The lowest BCUT2D eigenvalue weighted by Gasteiger charge is -2.40. The molecule has 1 rings (SSSR count). The minimum absolute atomic E-state index is 0.0104. The number of nitrogens with zero attached hydrogens (tertiary/aromatic N) is 1. The zero-order valence-corrected chi connectivity index (χ0v) is 10.4. The highest BCUT2D eigenvalue weighted by atomic mass is 16.5. The van der Waals surface area contributed by atoms with E-state index in [1.165, 1.54) is 0 Å². The van der Waals surface area contributed by atoms with Gasteiger partial charge in [-0.25, -0.2) is 0 Å². The van der Waals surface area contributed by atoms with E-state index in [1.54, 1.807) is 12.0 Å². The van der Waals surface area contributed by atoms with Gasteiger partial charge in [0, 0.05) is 20.2 Å². The van der Waals surface area contributed by atoms with Crippen LogP contribution in [0.5, 0.6) is 0 Å². The fourth-order valence-electron chi connectivity index (χ4n) is 1.80. The van der Waals surface area contributed by atoms with Crippen molar-refractivity contribution in [3.05, 3.63) is 0 Å². The first-order valence-electron chi connectivity index (χ1n) is 5.73. The number of amides is 1. The third kappa shape index (κ3) is 2.53. The molecule has 0 saturated carbocycles. The summed E-state index contributed by atoms with van der Waals surface area (Å²) in [6.07, 6.45) is 0.650. The normalized spacial score (nSPS) is 25.2. The smallest absolute Gasteiger partial charge is 0.254 e. The van der Waals surface area contributed by atoms with Crippen LogP contribution in [0.25, 0.3) is 0 Å². The molecule has 0 bridgehead atoms. The topological polar surface area (TPSA) is 64.8 Å². The van der Waals surface area contributed by atoms with Gasteiger partial charge in [0.25, 0.3) is 5.91 Å². The maximum absolute atomic E-state index is 12.3. The second-order valence-electron chi connectivity index (χ2n) is 4.25. The molecule has 5 heteroatoms. The van der Waals surface area contributed by atoms with Crippen LogP contribution < -0.4 is 5.73 Å². The van der Waals surface area contributed by atoms with Crippen LogP contribution in [-0.2, 0) is 14.3 Å². The van der Waals surface area contributed by atoms with Crippen LogP contribution in [0.15, 0.2) is 0 Å². The van der Waals surface area contributed by atoms with Crippen LogP contribution in [0, 0.1) is 0 Å². The van der Waals surface area contributed by atoms with E-state index in [-0.39, 0.29) is 11.9 Å². The minimum atomic E-state index is -0.745. The zero-order valence-electron chi connectivity index (χ0n) is 10.4. The van der Waals surface area contributed by atoms with E-state index in [0.29, 0.717) is 32.7 Å². The molecule has 2 unspecified atom stereocenters. The van der Waals surface area contributed by atoms with Gasteiger partial charge in [0.1, 0.15) is 5.60 Å². The molecule has 2 N–H and O–H groups in total. The second kappa shape index (κ2) is 5.61. The van der Waals surface area contributed by atoms with Crippen molar-refractivity contribution in [1.29, 1.82) is 0 Å². The fourth-order valence-corrected chi connectivity index (χ4v) is 1.80. The van der Waals surface area contributed by atoms with E-state index in [9.17, 15) is 4.79 Å². The van der Waals surface area contributed by atoms with Crippen molar-refractivity contribution in [1.82, 2.24) is 4.90 Å². The molecule has 1 aliphatic heterocycles. The number of hydrogen-bond donors (Lipinski definition) is 1. The zero-order chi connectivity index (χ0) is 12.2. The number of rotatable bonds is 4. The van der Waals surface area contributed by atoms with Gasteiger partial charge in [-0.1, -0.05) is 6.92 Å². The summed E-state index contributed by atoms with van der Waals surface area (Å²) in [7, 11) is 1.57. The summed E-state index contributed by atoms with van der Waals surface area (Å²) in [5.41, 5.74) is 4.90. The Labute approximate surface area is 96.9 Å². The summed E-state index contributed by atoms with van der Waals surface area (Å²) >= 11 is 0. The Morgan fingerprint density at radius 1 is 1.69 bits per heavy atom. The summed E-state index contributed by atoms with van der Waals surface area (Å²) in [6, 6.07) is -0.0257. The Hall–Kier alpha value is -0.650. The van der Waals surface area contributed by atoms with Gasteiger partial charge < -0.3 is 20.1 Å². The lowest BCUT2D eigenvalue weighted by atomic mass is 10.00. The average molecular weight is 230 g/mol. The summed E-state index contributed by atoms with van der Waals surface area (Å²) in [5.74, 6) is 0.0104. The Kier molecular flexibility index (Phi) is 4.70. The molecule has 5 nitrogen and oxygen atoms in total. The molecule has 0 aromatic carbocycles. The van der Waals surface area contributed by atoms with Gasteiger partial charge in [-0.05, 0) is 13.3 Å². The highest BCUT2D eigenvalue weighted by Crippen LogP contribution is 2.20. The van der Waals surface area contributed by atoms with Crippen molar-refractivity contribution in [3.8, 4) is 0 Å². The van der Waals surface area contributed by atoms with Crippen LogP contribution >= 0.6 is 0 Å². The second-order valence-corrected chi connectivity index (χ2v) is 4.25. The highest BCUT2D eigenvalue weighted by Gasteiger charge is 2.38. The van der Waals surface area contributed by atoms with Crippen molar-refractivity contribution in [2.75, 3.05) is 33.4 Å². The molecule has 1 amide bonds. The standard InChI is InChI=1S/C11H22N2O3/c1-4-11(2,15-3)10(14)13-5-6-16-8-9(13)7-12/h9H,4-8,12H2,1-3H3. The number of hydrogen-bond acceptors (Lipinski definition) is 4. The lowest BCUT2D eigenvalue weighted by molar-refractivity contribution is -0.161. The third-order valence-corrected chi connectivity index (χ3v) is 3.34. The van der Waals surface area contributed by atoms with Crippen molar-refractivity contribution < 1.29 is 14.3 Å². The summed E-state index contributed by atoms with van der Waals surface area (Å²) in [6.45, 7) is 5.88. The molecule has 1 saturated heterocycles. The molecule has 0 aromatic rings. The largest absolute Gasteiger partial charge is 0.377 e. The van der Waals surface area contributed by atoms with E-state index < -0.39 is 5.60 Å². The number of carbonyl (C=O) groups excluding carboxylic acids is 1. The minimum Gasteiger partial charge on any atom is -0.377 e. The van der Waals surface area contributed by atoms with Crippen molar-refractivity contribution >= 4 is 5.91 Å². The van der Waals surface area contributed by atoms with Crippen LogP contribution in [0.3, 0.4) is 0 Å². The number of ether oxygens (including phenoxy) is 2. The molecule has 1 heterocycles. The van der Waals surface area contributed by atoms with E-state index in [4.69, 9.17) is 15.2 Å². The molecular weight excluding hydrogens is 208 g/mol. The van der Waals surface area contributed by atoms with Crippen molar-refractivity contribution in [3.63, 3.8) is 0 Å². The highest BCUT2D eigenvalue weighted by molar-refractivity contribution is 5.85. The Balaban J connectivity index is 2.77. The van der Waals surface area contributed by atoms with Crippen molar-refractivity contribution in [2.45, 2.75) is 31.9 Å². The van der Waals surface area contributed by atoms with Gasteiger partial charge in [-0.2, -0.15) is 0 Å². The first kappa shape index (κ1) is 13.4. The van der Waals surface area contributed by atoms with E-state index >= 15 is 0 Å². The van der Waals surface area contributed by atoms with Gasteiger partial charge in [0.05, 0.1) is 19.3 Å². The summed E-state index contributed by atoms with van der Waals surface area (Å²) < 4.78 is 10.6. The summed E-state index contributed by atoms with van der Waals surface area (Å²) in [4.78, 5) is 14.1. The SMILES string of the molecule is CCC(C)(OC)C(=O)N1CCOCC1CN. The van der Waals surface area contributed by atoms with Gasteiger partial charge in [0.2, 0.25) is 0 Å². The Bertz CT molecular complexity index is 241. The number of methoxy groups -OCH3 is 1. The average Bonchev–Trinajstić information content (AvgIpc) is 2.36. The fraction of sp³-hybridized carbons (Fsp3) is 0.909. The predicted molar refractivity (Wildman–Crippen MR) is 61.1 cm³/mol. The quantitative estimate of drug-likeness (QED) is 0.737. The van der Waals surface area contributed by atoms with E-state index in [2.05, 4.69) is 0 Å². The Morgan fingerprint density at radius 2 is 2.38 bits per heavy atom. The van der Waals surface area contributed by atoms with Crippen LogP contribution in [0.2, 0.25) is 0 Å². The van der Waals surface area contributed by atoms with Crippen LogP contribution in [0.1, 0.15) is 20.3 Å². The van der Waals surface area contributed by atoms with Gasteiger partial charge in [-0.3, -0.25) is 4.79 Å². The number of morpholine rings is 1. The lowest BCUT2D eigenvalue weighted by Crippen LogP contribution is -2.58. The van der Waals surface area contributed by atoms with Crippen molar-refractivity contribution in [2.24, 2.45) is 5.73 Å². The molecular formula is C11H22N2O3. The van der Waals surface area contributed by atoms with Gasteiger partial charge in [-0.15, -0.1) is 0 Å². The molecule has 2 atom stereocenters. The molecule has 94 valence electrons. The van der Waals surface area contributed by atoms with Gasteiger partial charge in [0.15, 0.2) is 0 Å². The molecule has 1 fully saturated rings. The maximum atomic E-state index is 12.3. The summed E-state index contributed by atoms with van der Waals surface area (Å²) in [5, 5.41) is 0. The first-order valence-corrected chi connectivity index (χ1v) is 5.73. The number of carbonyl (C=O) groups is 1. The molecule has 0 aromatic heterocycles. The molecule has 1 aliphatic rings. The van der Waals surface area contributed by atoms with Crippen LogP contribution in [0.4, 0.5) is 0 Å². The number of nitrogens with two attached hydrogens (primary N) is 1. The van der Waals surface area contributed by atoms with E-state index in [1.807, 2.05) is 13.8 Å². The Morgan fingerprint density at radius 3 is 2.88 bits per heavy atom. The molecule has 0 radical (unpaired) electrons. The third-order valence-electron chi connectivity index (χ3n) is 3.34. The van der Waals surface area contributed by atoms with Gasteiger partial charge >= 0.3 is 0 Å². The maximum Gasteiger partial charge on any atom is 0.254 e. The molecule has 16 heavy (non-hydrogen) atoms. The predicted octanol–water partition coefficient (Wildman–Crippen LogP) is -0.0124. The van der Waals surface area contributed by atoms with E-state index in [0.717, 1.165) is 0 Å². The monoisotopic (exact) mass is 230 g/mol. The molecule has 0 spiro atoms. The molecule has 0 aliphatic carbocycles. The first-order chi connectivity index (χ1) is 7.59.